The van der Waals surface area contributed by atoms with Crippen LogP contribution in [0.2, 0.25) is 0 Å². The first-order valence-electron chi connectivity index (χ1n) is 3.69. The van der Waals surface area contributed by atoms with Crippen molar-refractivity contribution in [2.45, 2.75) is 24.3 Å². The Bertz CT molecular complexity index is 155. The van der Waals surface area contributed by atoms with Gasteiger partial charge in [-0.1, -0.05) is 13.8 Å². The number of halogens is 1. The molecule has 2 atom stereocenters. The summed E-state index contributed by atoms with van der Waals surface area (Å²) in [5, 5.41) is 0.715. The van der Waals surface area contributed by atoms with Crippen LogP contribution in [0.4, 0.5) is 4.79 Å². The summed E-state index contributed by atoms with van der Waals surface area (Å²) in [6.45, 7) is 5.81. The van der Waals surface area contributed by atoms with Gasteiger partial charge in [0.25, 0.3) is 0 Å². The number of thioether (sulfide) groups is 1. The van der Waals surface area contributed by atoms with Crippen molar-refractivity contribution < 1.29 is 4.79 Å². The second-order valence-corrected chi connectivity index (χ2v) is 5.12. The van der Waals surface area contributed by atoms with E-state index in [1.54, 1.807) is 4.90 Å². The summed E-state index contributed by atoms with van der Waals surface area (Å²) in [5.74, 6) is 0. The standard InChI is InChI=1S/C7H12ClNOS/c1-5-3-9(7(8)10)4-6(2)11-5/h5-6H,3-4H2,1-2H3. The fourth-order valence-corrected chi connectivity index (χ4v) is 2.78. The van der Waals surface area contributed by atoms with Gasteiger partial charge in [-0.3, -0.25) is 4.79 Å². The van der Waals surface area contributed by atoms with Crippen molar-refractivity contribution in [3.8, 4) is 0 Å². The van der Waals surface area contributed by atoms with Crippen LogP contribution in [0.3, 0.4) is 0 Å². The van der Waals surface area contributed by atoms with Crippen LogP contribution in [-0.2, 0) is 0 Å². The molecule has 0 aliphatic carbocycles. The molecular weight excluding hydrogens is 182 g/mol. The highest BCUT2D eigenvalue weighted by molar-refractivity contribution is 8.00. The third-order valence-electron chi connectivity index (χ3n) is 1.67. The van der Waals surface area contributed by atoms with E-state index in [0.29, 0.717) is 10.5 Å². The van der Waals surface area contributed by atoms with Gasteiger partial charge < -0.3 is 4.90 Å². The Kier molecular flexibility index (Phi) is 3.07. The molecule has 0 aromatic carbocycles. The van der Waals surface area contributed by atoms with E-state index in [4.69, 9.17) is 11.6 Å². The van der Waals surface area contributed by atoms with Crippen LogP contribution in [0.25, 0.3) is 0 Å². The van der Waals surface area contributed by atoms with Crippen molar-refractivity contribution in [1.29, 1.82) is 0 Å². The van der Waals surface area contributed by atoms with Crippen LogP contribution >= 0.6 is 23.4 Å². The maximum absolute atomic E-state index is 10.8. The highest BCUT2D eigenvalue weighted by Crippen LogP contribution is 2.25. The molecule has 1 aliphatic rings. The van der Waals surface area contributed by atoms with Gasteiger partial charge in [0.2, 0.25) is 0 Å². The SMILES string of the molecule is CC1CN(C(=O)Cl)CC(C)S1. The molecule has 64 valence electrons. The molecule has 0 aromatic heterocycles. The first kappa shape index (κ1) is 9.20. The summed E-state index contributed by atoms with van der Waals surface area (Å²) in [7, 11) is 0. The first-order chi connectivity index (χ1) is 5.09. The Morgan fingerprint density at radius 1 is 1.45 bits per heavy atom. The zero-order valence-corrected chi connectivity index (χ0v) is 8.28. The lowest BCUT2D eigenvalue weighted by Crippen LogP contribution is -2.41. The van der Waals surface area contributed by atoms with Crippen molar-refractivity contribution in [3.63, 3.8) is 0 Å². The lowest BCUT2D eigenvalue weighted by Gasteiger charge is -2.32. The molecule has 1 amide bonds. The molecule has 11 heavy (non-hydrogen) atoms. The summed E-state index contributed by atoms with van der Waals surface area (Å²) >= 11 is 7.27. The minimum Gasteiger partial charge on any atom is -0.327 e. The summed E-state index contributed by atoms with van der Waals surface area (Å²) in [6.07, 6.45) is 0. The molecule has 0 N–H and O–H groups in total. The third-order valence-corrected chi connectivity index (χ3v) is 3.13. The average Bonchev–Trinajstić information content (AvgIpc) is 1.85. The van der Waals surface area contributed by atoms with Gasteiger partial charge in [0, 0.05) is 23.6 Å². The minimum atomic E-state index is -0.316. The van der Waals surface area contributed by atoms with Crippen molar-refractivity contribution in [2.24, 2.45) is 0 Å². The summed E-state index contributed by atoms with van der Waals surface area (Å²) in [6, 6.07) is 0. The smallest absolute Gasteiger partial charge is 0.316 e. The Hall–Kier alpha value is 0.110. The number of nitrogens with zero attached hydrogens (tertiary/aromatic N) is 1. The van der Waals surface area contributed by atoms with E-state index < -0.39 is 0 Å². The van der Waals surface area contributed by atoms with Gasteiger partial charge in [-0.25, -0.2) is 0 Å². The van der Waals surface area contributed by atoms with Gasteiger partial charge in [0.1, 0.15) is 0 Å². The average molecular weight is 194 g/mol. The number of amides is 1. The molecule has 0 bridgehead atoms. The maximum atomic E-state index is 10.8. The molecule has 0 spiro atoms. The van der Waals surface area contributed by atoms with Crippen LogP contribution in [0.5, 0.6) is 0 Å². The molecule has 1 aliphatic heterocycles. The number of carbonyl (C=O) groups excluding carboxylic acids is 1. The quantitative estimate of drug-likeness (QED) is 0.434. The Morgan fingerprint density at radius 3 is 2.27 bits per heavy atom. The fraction of sp³-hybridized carbons (Fsp3) is 0.857. The fourth-order valence-electron chi connectivity index (χ4n) is 1.32. The summed E-state index contributed by atoms with van der Waals surface area (Å²) < 4.78 is 0. The predicted molar refractivity (Wildman–Crippen MR) is 49.3 cm³/mol. The van der Waals surface area contributed by atoms with Gasteiger partial charge in [0.15, 0.2) is 0 Å². The molecule has 0 radical (unpaired) electrons. The van der Waals surface area contributed by atoms with E-state index in [-0.39, 0.29) is 5.37 Å². The van der Waals surface area contributed by atoms with Gasteiger partial charge >= 0.3 is 5.37 Å². The van der Waals surface area contributed by atoms with Crippen molar-refractivity contribution in [2.75, 3.05) is 13.1 Å². The monoisotopic (exact) mass is 193 g/mol. The number of hydrogen-bond acceptors (Lipinski definition) is 2. The normalized spacial score (nSPS) is 32.1. The molecule has 0 aromatic rings. The molecule has 2 nitrogen and oxygen atoms in total. The van der Waals surface area contributed by atoms with Gasteiger partial charge in [-0.15, -0.1) is 0 Å². The van der Waals surface area contributed by atoms with Gasteiger partial charge in [-0.05, 0) is 11.6 Å². The Labute approximate surface area is 76.3 Å². The van der Waals surface area contributed by atoms with Crippen LogP contribution in [-0.4, -0.2) is 33.9 Å². The molecule has 2 unspecified atom stereocenters. The minimum absolute atomic E-state index is 0.316. The molecule has 1 saturated heterocycles. The molecular formula is C7H12ClNOS. The molecule has 4 heteroatoms. The van der Waals surface area contributed by atoms with E-state index in [0.717, 1.165) is 13.1 Å². The molecule has 1 heterocycles. The lowest BCUT2D eigenvalue weighted by atomic mass is 10.3. The third kappa shape index (κ3) is 2.56. The zero-order chi connectivity index (χ0) is 8.43. The van der Waals surface area contributed by atoms with Crippen LogP contribution in [0, 0.1) is 0 Å². The van der Waals surface area contributed by atoms with E-state index in [9.17, 15) is 4.79 Å². The van der Waals surface area contributed by atoms with Crippen LogP contribution in [0.1, 0.15) is 13.8 Å². The molecule has 0 saturated carbocycles. The second-order valence-electron chi connectivity index (χ2n) is 2.92. The van der Waals surface area contributed by atoms with Gasteiger partial charge in [-0.2, -0.15) is 11.8 Å². The zero-order valence-electron chi connectivity index (χ0n) is 6.71. The van der Waals surface area contributed by atoms with E-state index in [1.807, 2.05) is 11.8 Å². The number of hydrogen-bond donors (Lipinski definition) is 0. The highest BCUT2D eigenvalue weighted by Gasteiger charge is 2.24. The van der Waals surface area contributed by atoms with Gasteiger partial charge in [0.05, 0.1) is 0 Å². The van der Waals surface area contributed by atoms with Crippen molar-refractivity contribution >= 4 is 28.7 Å². The number of carbonyl (C=O) groups is 1. The van der Waals surface area contributed by atoms with E-state index >= 15 is 0 Å². The van der Waals surface area contributed by atoms with E-state index in [1.165, 1.54) is 0 Å². The predicted octanol–water partition coefficient (Wildman–Crippen LogP) is 2.17. The summed E-state index contributed by atoms with van der Waals surface area (Å²) in [5.41, 5.74) is 0. The van der Waals surface area contributed by atoms with Crippen molar-refractivity contribution in [3.05, 3.63) is 0 Å². The second kappa shape index (κ2) is 3.68. The first-order valence-corrected chi connectivity index (χ1v) is 5.01. The highest BCUT2D eigenvalue weighted by atomic mass is 35.5. The topological polar surface area (TPSA) is 20.3 Å². The van der Waals surface area contributed by atoms with Crippen LogP contribution < -0.4 is 0 Å². The molecule has 1 fully saturated rings. The maximum Gasteiger partial charge on any atom is 0.316 e. The lowest BCUT2D eigenvalue weighted by molar-refractivity contribution is 0.221. The molecule has 1 rings (SSSR count). The Balaban J connectivity index is 2.49. The number of rotatable bonds is 0. The van der Waals surface area contributed by atoms with Crippen molar-refractivity contribution in [1.82, 2.24) is 4.90 Å². The van der Waals surface area contributed by atoms with E-state index in [2.05, 4.69) is 13.8 Å². The summed E-state index contributed by atoms with van der Waals surface area (Å²) in [4.78, 5) is 12.5. The Morgan fingerprint density at radius 2 is 1.91 bits per heavy atom. The largest absolute Gasteiger partial charge is 0.327 e. The van der Waals surface area contributed by atoms with Crippen LogP contribution in [0.15, 0.2) is 0 Å².